The molecule has 0 atom stereocenters. The molecule has 2 aromatic carbocycles. The Hall–Kier alpha value is -2.67. The number of benzene rings is 2. The van der Waals surface area contributed by atoms with Crippen LogP contribution in [0.2, 0.25) is 0 Å². The number of carbonyl (C=O) groups is 2. The maximum atomic E-state index is 12.8. The summed E-state index contributed by atoms with van der Waals surface area (Å²) in [5.41, 5.74) is 0.696. The van der Waals surface area contributed by atoms with Crippen LogP contribution in [0.15, 0.2) is 53.4 Å². The Kier molecular flexibility index (Phi) is 6.74. The second kappa shape index (κ2) is 8.81. The predicted molar refractivity (Wildman–Crippen MR) is 106 cm³/mol. The van der Waals surface area contributed by atoms with E-state index in [1.807, 2.05) is 13.8 Å². The van der Waals surface area contributed by atoms with Crippen LogP contribution in [0.3, 0.4) is 0 Å². The first-order valence-electron chi connectivity index (χ1n) is 8.79. The number of amides is 2. The summed E-state index contributed by atoms with van der Waals surface area (Å²) < 4.78 is 24.9. The van der Waals surface area contributed by atoms with E-state index in [1.54, 1.807) is 43.3 Å². The van der Waals surface area contributed by atoms with Gasteiger partial charge in [-0.25, -0.2) is 8.42 Å². The van der Waals surface area contributed by atoms with E-state index in [0.29, 0.717) is 17.7 Å². The summed E-state index contributed by atoms with van der Waals surface area (Å²) in [6, 6.07) is 12.6. The van der Waals surface area contributed by atoms with Gasteiger partial charge in [-0.15, -0.1) is 0 Å². The largest absolute Gasteiger partial charge is 0.350 e. The minimum atomic E-state index is -3.56. The molecule has 0 aliphatic carbocycles. The predicted octanol–water partition coefficient (Wildman–Crippen LogP) is 3.26. The molecule has 0 bridgehead atoms. The number of hydrogen-bond donors (Lipinski definition) is 2. The molecule has 2 amide bonds. The molecule has 7 heteroatoms. The van der Waals surface area contributed by atoms with Crippen LogP contribution < -0.4 is 10.6 Å². The molecule has 0 aromatic heterocycles. The molecule has 0 aliphatic heterocycles. The standard InChI is InChI=1S/C20H24N2O4S/c1-4-13-27(25,26)18-12-8-6-10-16(18)20(24)22-17-11-7-5-9-15(17)19(23)21-14(2)3/h5-12,14H,4,13H2,1-3H3,(H,21,23)(H,22,24). The lowest BCUT2D eigenvalue weighted by molar-refractivity contribution is 0.0944. The second-order valence-corrected chi connectivity index (χ2v) is 8.52. The quantitative estimate of drug-likeness (QED) is 0.761. The lowest BCUT2D eigenvalue weighted by Crippen LogP contribution is -2.31. The third kappa shape index (κ3) is 5.17. The van der Waals surface area contributed by atoms with Gasteiger partial charge in [-0.2, -0.15) is 0 Å². The summed E-state index contributed by atoms with van der Waals surface area (Å²) in [6.45, 7) is 5.45. The monoisotopic (exact) mass is 388 g/mol. The van der Waals surface area contributed by atoms with Crippen LogP contribution in [0.5, 0.6) is 0 Å². The Morgan fingerprint density at radius 2 is 1.52 bits per heavy atom. The van der Waals surface area contributed by atoms with E-state index in [2.05, 4.69) is 10.6 Å². The Morgan fingerprint density at radius 3 is 2.15 bits per heavy atom. The summed E-state index contributed by atoms with van der Waals surface area (Å²) in [5, 5.41) is 5.45. The molecule has 0 heterocycles. The van der Waals surface area contributed by atoms with Gasteiger partial charge in [0.15, 0.2) is 9.84 Å². The Bertz CT molecular complexity index is 937. The van der Waals surface area contributed by atoms with Crippen molar-refractivity contribution in [3.63, 3.8) is 0 Å². The van der Waals surface area contributed by atoms with Crippen LogP contribution in [0.25, 0.3) is 0 Å². The smallest absolute Gasteiger partial charge is 0.257 e. The highest BCUT2D eigenvalue weighted by Gasteiger charge is 2.22. The molecule has 144 valence electrons. The molecule has 27 heavy (non-hydrogen) atoms. The van der Waals surface area contributed by atoms with Gasteiger partial charge in [0.05, 0.1) is 27.5 Å². The molecule has 0 saturated carbocycles. The van der Waals surface area contributed by atoms with Crippen molar-refractivity contribution >= 4 is 27.3 Å². The fourth-order valence-corrected chi connectivity index (χ4v) is 4.16. The molecule has 2 N–H and O–H groups in total. The zero-order valence-corrected chi connectivity index (χ0v) is 16.5. The highest BCUT2D eigenvalue weighted by atomic mass is 32.2. The first-order valence-corrected chi connectivity index (χ1v) is 10.4. The van der Waals surface area contributed by atoms with Gasteiger partial charge in [0, 0.05) is 6.04 Å². The molecule has 6 nitrogen and oxygen atoms in total. The van der Waals surface area contributed by atoms with E-state index in [1.165, 1.54) is 12.1 Å². The number of para-hydroxylation sites is 1. The number of nitrogens with one attached hydrogen (secondary N) is 2. The Morgan fingerprint density at radius 1 is 0.926 bits per heavy atom. The average molecular weight is 388 g/mol. The van der Waals surface area contributed by atoms with Crippen LogP contribution >= 0.6 is 0 Å². The minimum Gasteiger partial charge on any atom is -0.350 e. The van der Waals surface area contributed by atoms with Gasteiger partial charge in [0.25, 0.3) is 11.8 Å². The zero-order valence-electron chi connectivity index (χ0n) is 15.7. The highest BCUT2D eigenvalue weighted by molar-refractivity contribution is 7.91. The lowest BCUT2D eigenvalue weighted by atomic mass is 10.1. The van der Waals surface area contributed by atoms with Crippen molar-refractivity contribution in [3.05, 3.63) is 59.7 Å². The SMILES string of the molecule is CCCS(=O)(=O)c1ccccc1C(=O)Nc1ccccc1C(=O)NC(C)C. The van der Waals surface area contributed by atoms with Crippen molar-refractivity contribution in [1.82, 2.24) is 5.32 Å². The van der Waals surface area contributed by atoms with Crippen LogP contribution in [0.1, 0.15) is 47.9 Å². The molecular formula is C20H24N2O4S. The Balaban J connectivity index is 2.37. The maximum Gasteiger partial charge on any atom is 0.257 e. The normalized spacial score (nSPS) is 11.3. The van der Waals surface area contributed by atoms with Gasteiger partial charge >= 0.3 is 0 Å². The Labute approximate surface area is 159 Å². The van der Waals surface area contributed by atoms with Crippen molar-refractivity contribution < 1.29 is 18.0 Å². The van der Waals surface area contributed by atoms with Gasteiger partial charge in [0.2, 0.25) is 0 Å². The third-order valence-electron chi connectivity index (χ3n) is 3.78. The first-order chi connectivity index (χ1) is 12.8. The van der Waals surface area contributed by atoms with E-state index < -0.39 is 15.7 Å². The molecule has 2 rings (SSSR count). The fourth-order valence-electron chi connectivity index (χ4n) is 2.62. The van der Waals surface area contributed by atoms with Crippen molar-refractivity contribution in [3.8, 4) is 0 Å². The van der Waals surface area contributed by atoms with E-state index in [-0.39, 0.29) is 28.2 Å². The van der Waals surface area contributed by atoms with Crippen LogP contribution in [-0.4, -0.2) is 32.0 Å². The van der Waals surface area contributed by atoms with Crippen LogP contribution in [-0.2, 0) is 9.84 Å². The number of sulfone groups is 1. The van der Waals surface area contributed by atoms with Crippen LogP contribution in [0, 0.1) is 0 Å². The maximum absolute atomic E-state index is 12.8. The van der Waals surface area contributed by atoms with E-state index in [0.717, 1.165) is 0 Å². The molecule has 0 unspecified atom stereocenters. The number of carbonyl (C=O) groups excluding carboxylic acids is 2. The molecule has 0 spiro atoms. The minimum absolute atomic E-state index is 0.00605. The van der Waals surface area contributed by atoms with Crippen molar-refractivity contribution in [1.29, 1.82) is 0 Å². The van der Waals surface area contributed by atoms with Gasteiger partial charge < -0.3 is 10.6 Å². The summed E-state index contributed by atoms with van der Waals surface area (Å²) in [5.74, 6) is -0.923. The average Bonchev–Trinajstić information content (AvgIpc) is 2.61. The van der Waals surface area contributed by atoms with Gasteiger partial charge in [-0.3, -0.25) is 9.59 Å². The number of rotatable bonds is 7. The second-order valence-electron chi connectivity index (χ2n) is 6.44. The number of anilines is 1. The third-order valence-corrected chi connectivity index (χ3v) is 5.75. The summed E-state index contributed by atoms with van der Waals surface area (Å²) in [4.78, 5) is 25.1. The summed E-state index contributed by atoms with van der Waals surface area (Å²) >= 11 is 0. The highest BCUT2D eigenvalue weighted by Crippen LogP contribution is 2.21. The van der Waals surface area contributed by atoms with E-state index >= 15 is 0 Å². The molecule has 0 aliphatic rings. The molecule has 0 saturated heterocycles. The van der Waals surface area contributed by atoms with Gasteiger partial charge in [-0.1, -0.05) is 31.2 Å². The van der Waals surface area contributed by atoms with Crippen molar-refractivity contribution in [2.45, 2.75) is 38.1 Å². The first kappa shape index (κ1) is 20.6. The summed E-state index contributed by atoms with van der Waals surface area (Å²) in [6.07, 6.45) is 0.455. The molecular weight excluding hydrogens is 364 g/mol. The zero-order chi connectivity index (χ0) is 20.0. The van der Waals surface area contributed by atoms with Crippen LogP contribution in [0.4, 0.5) is 5.69 Å². The van der Waals surface area contributed by atoms with Crippen molar-refractivity contribution in [2.75, 3.05) is 11.1 Å². The summed E-state index contributed by atoms with van der Waals surface area (Å²) in [7, 11) is -3.56. The molecule has 2 aromatic rings. The topological polar surface area (TPSA) is 92.3 Å². The lowest BCUT2D eigenvalue weighted by Gasteiger charge is -2.14. The molecule has 0 fully saturated rings. The fraction of sp³-hybridized carbons (Fsp3) is 0.300. The van der Waals surface area contributed by atoms with E-state index in [9.17, 15) is 18.0 Å². The van der Waals surface area contributed by atoms with Crippen molar-refractivity contribution in [2.24, 2.45) is 0 Å². The number of hydrogen-bond acceptors (Lipinski definition) is 4. The van der Waals surface area contributed by atoms with E-state index in [4.69, 9.17) is 0 Å². The van der Waals surface area contributed by atoms with Gasteiger partial charge in [0.1, 0.15) is 0 Å². The molecule has 0 radical (unpaired) electrons. The van der Waals surface area contributed by atoms with Gasteiger partial charge in [-0.05, 0) is 44.5 Å².